The summed E-state index contributed by atoms with van der Waals surface area (Å²) in [6.07, 6.45) is -3.39. The first-order chi connectivity index (χ1) is 22.9. The second kappa shape index (κ2) is 13.6. The van der Waals surface area contributed by atoms with Crippen molar-refractivity contribution in [2.75, 3.05) is 22.6 Å². The number of hydrogen-bond donors (Lipinski definition) is 1. The number of nitrogens with one attached hydrogen (secondary N) is 1. The third-order valence-corrected chi connectivity index (χ3v) is 9.07. The van der Waals surface area contributed by atoms with Crippen molar-refractivity contribution in [1.82, 2.24) is 14.8 Å². The number of thioether (sulfide) groups is 1. The van der Waals surface area contributed by atoms with E-state index < -0.39 is 57.4 Å². The number of alkyl halides is 6. The van der Waals surface area contributed by atoms with Crippen molar-refractivity contribution >= 4 is 50.1 Å². The average Bonchev–Trinajstić information content (AvgIpc) is 3.65. The summed E-state index contributed by atoms with van der Waals surface area (Å²) >= 11 is 0.895. The third kappa shape index (κ3) is 8.08. The number of anilines is 2. The molecule has 2 heterocycles. The van der Waals surface area contributed by atoms with Crippen LogP contribution in [0.25, 0.3) is 17.1 Å². The van der Waals surface area contributed by atoms with E-state index in [-0.39, 0.29) is 44.9 Å². The highest BCUT2D eigenvalue weighted by atomic mass is 32.2. The fourth-order valence-electron chi connectivity index (χ4n) is 4.38. The number of carbonyl (C=O) groups excluding carboxylic acids is 2. The second-order valence-electron chi connectivity index (χ2n) is 10.2. The van der Waals surface area contributed by atoms with Crippen LogP contribution in [-0.4, -0.2) is 64.3 Å². The molecular formula is C29H21F7N6O5S2. The molecule has 0 atom stereocenters. The number of aryl methyl sites for hydroxylation is 1. The van der Waals surface area contributed by atoms with Crippen LogP contribution in [0.3, 0.4) is 0 Å². The molecule has 1 N–H and O–H groups in total. The monoisotopic (exact) mass is 730 g/mol. The number of aromatic nitrogens is 3. The maximum absolute atomic E-state index is 15.1. The van der Waals surface area contributed by atoms with Gasteiger partial charge >= 0.3 is 17.7 Å². The minimum Gasteiger partial charge on any atom is -0.367 e. The van der Waals surface area contributed by atoms with Gasteiger partial charge in [-0.1, -0.05) is 23.9 Å². The molecule has 3 aromatic carbocycles. The van der Waals surface area contributed by atoms with Gasteiger partial charge in [0.2, 0.25) is 5.91 Å². The number of aliphatic imine (C=N–C) groups is 1. The minimum absolute atomic E-state index is 0.0197. The Morgan fingerprint density at radius 1 is 1.04 bits per heavy atom. The largest absolute Gasteiger partial charge is 0.501 e. The van der Waals surface area contributed by atoms with Gasteiger partial charge in [0.25, 0.3) is 9.84 Å². The summed E-state index contributed by atoms with van der Waals surface area (Å²) in [5.41, 5.74) is -4.41. The van der Waals surface area contributed by atoms with Gasteiger partial charge in [-0.3, -0.25) is 9.69 Å². The van der Waals surface area contributed by atoms with Gasteiger partial charge < -0.3 is 10.1 Å². The number of rotatable bonds is 8. The Kier molecular flexibility index (Phi) is 9.84. The molecule has 11 nitrogen and oxygen atoms in total. The predicted octanol–water partition coefficient (Wildman–Crippen LogP) is 6.42. The van der Waals surface area contributed by atoms with E-state index in [0.717, 1.165) is 51.7 Å². The molecule has 1 aliphatic rings. The molecule has 5 rings (SSSR count). The number of carbonyl (C=O) groups is 2. The highest BCUT2D eigenvalue weighted by Crippen LogP contribution is 2.33. The maximum Gasteiger partial charge on any atom is 0.501 e. The summed E-state index contributed by atoms with van der Waals surface area (Å²) in [6.45, 7) is -0.293. The van der Waals surface area contributed by atoms with Gasteiger partial charge in [-0.05, 0) is 61.0 Å². The summed E-state index contributed by atoms with van der Waals surface area (Å²) in [5, 5.41) is 6.30. The van der Waals surface area contributed by atoms with Crippen LogP contribution in [0.1, 0.15) is 11.1 Å². The van der Waals surface area contributed by atoms with Crippen LogP contribution in [0.5, 0.6) is 0 Å². The van der Waals surface area contributed by atoms with Gasteiger partial charge in [0.05, 0.1) is 34.3 Å². The smallest absolute Gasteiger partial charge is 0.367 e. The SMILES string of the molecule is Cc1ccc(COCC(F)(F)F)c(N2C(=O)CSC2=NC(=O)Nc2ccc(-c3ncn(-c4ccc(S(=O)(=O)C(F)(F)F)cc4)n3)cc2F)c1. The Morgan fingerprint density at radius 3 is 2.41 bits per heavy atom. The van der Waals surface area contributed by atoms with Crippen LogP contribution in [0.2, 0.25) is 0 Å². The first-order valence-corrected chi connectivity index (χ1v) is 16.1. The molecule has 0 radical (unpaired) electrons. The molecular weight excluding hydrogens is 709 g/mol. The number of nitrogens with zero attached hydrogens (tertiary/aromatic N) is 5. The van der Waals surface area contributed by atoms with Gasteiger partial charge in [-0.25, -0.2) is 27.3 Å². The van der Waals surface area contributed by atoms with Crippen LogP contribution in [0.4, 0.5) is 46.9 Å². The van der Waals surface area contributed by atoms with Crippen LogP contribution in [0, 0.1) is 12.7 Å². The summed E-state index contributed by atoms with van der Waals surface area (Å²) in [6, 6.07) is 10.8. The number of amidine groups is 1. The zero-order valence-corrected chi connectivity index (χ0v) is 26.3. The van der Waals surface area contributed by atoms with E-state index in [1.165, 1.54) is 30.6 Å². The molecule has 0 aliphatic carbocycles. The van der Waals surface area contributed by atoms with E-state index >= 15 is 4.39 Å². The minimum atomic E-state index is -5.55. The maximum atomic E-state index is 15.1. The molecule has 1 aliphatic heterocycles. The Hall–Kier alpha value is -4.82. The Morgan fingerprint density at radius 2 is 1.76 bits per heavy atom. The first kappa shape index (κ1) is 35.5. The van der Waals surface area contributed by atoms with Gasteiger partial charge in [0.15, 0.2) is 11.0 Å². The Labute approximate surface area is 276 Å². The van der Waals surface area contributed by atoms with E-state index in [2.05, 4.69) is 20.4 Å². The molecule has 49 heavy (non-hydrogen) atoms. The zero-order chi connectivity index (χ0) is 35.7. The van der Waals surface area contributed by atoms with E-state index in [1.807, 2.05) is 0 Å². The van der Waals surface area contributed by atoms with Crippen molar-refractivity contribution in [3.05, 3.63) is 83.9 Å². The molecule has 20 heteroatoms. The van der Waals surface area contributed by atoms with E-state index in [0.29, 0.717) is 5.56 Å². The van der Waals surface area contributed by atoms with Crippen molar-refractivity contribution in [2.24, 2.45) is 4.99 Å². The molecule has 0 bridgehead atoms. The number of halogens is 7. The molecule has 0 saturated carbocycles. The molecule has 1 aromatic heterocycles. The number of benzene rings is 3. The summed E-state index contributed by atoms with van der Waals surface area (Å²) in [5.74, 6) is -1.57. The van der Waals surface area contributed by atoms with Gasteiger partial charge in [0.1, 0.15) is 18.8 Å². The quantitative estimate of drug-likeness (QED) is 0.205. The van der Waals surface area contributed by atoms with Gasteiger partial charge in [0, 0.05) is 11.1 Å². The van der Waals surface area contributed by atoms with E-state index in [1.54, 1.807) is 13.0 Å². The van der Waals surface area contributed by atoms with Crippen molar-refractivity contribution < 1.29 is 53.5 Å². The molecule has 258 valence electrons. The molecule has 4 aromatic rings. The fourth-order valence-corrected chi connectivity index (χ4v) is 6.00. The van der Waals surface area contributed by atoms with Crippen molar-refractivity contribution in [2.45, 2.75) is 30.1 Å². The number of sulfone groups is 1. The first-order valence-electron chi connectivity index (χ1n) is 13.7. The van der Waals surface area contributed by atoms with Gasteiger partial charge in [-0.15, -0.1) is 5.10 Å². The number of hydrogen-bond acceptors (Lipinski definition) is 8. The van der Waals surface area contributed by atoms with E-state index in [4.69, 9.17) is 4.74 Å². The summed E-state index contributed by atoms with van der Waals surface area (Å²) < 4.78 is 120. The molecule has 0 spiro atoms. The lowest BCUT2D eigenvalue weighted by molar-refractivity contribution is -0.176. The average molecular weight is 731 g/mol. The normalized spacial score (nSPS) is 14.9. The van der Waals surface area contributed by atoms with Crippen LogP contribution < -0.4 is 10.2 Å². The Bertz CT molecular complexity index is 2050. The lowest BCUT2D eigenvalue weighted by Gasteiger charge is -2.21. The topological polar surface area (TPSA) is 136 Å². The van der Waals surface area contributed by atoms with Crippen LogP contribution >= 0.6 is 11.8 Å². The standard InChI is InChI=1S/C29H21F7N6O5S2/c1-16-2-3-18(12-47-14-28(31,32)33)23(10-16)42-24(43)13-48-27(42)39-26(44)38-22-9-4-17(11-21(22)30)25-37-15-41(40-25)19-5-7-20(8-6-19)49(45,46)29(34,35)36/h2-11,15H,12-14H2,1H3,(H,38,44). The molecule has 3 amide bonds. The number of ether oxygens (including phenoxy) is 1. The summed E-state index contributed by atoms with van der Waals surface area (Å²) in [7, 11) is -5.55. The highest BCUT2D eigenvalue weighted by molar-refractivity contribution is 8.15. The van der Waals surface area contributed by atoms with Crippen LogP contribution in [0.15, 0.2) is 76.9 Å². The third-order valence-electron chi connectivity index (χ3n) is 6.64. The van der Waals surface area contributed by atoms with Crippen molar-refractivity contribution in [3.63, 3.8) is 0 Å². The molecule has 1 saturated heterocycles. The molecule has 1 fully saturated rings. The summed E-state index contributed by atoms with van der Waals surface area (Å²) in [4.78, 5) is 33.6. The van der Waals surface area contributed by atoms with Gasteiger partial charge in [-0.2, -0.15) is 31.3 Å². The fraction of sp³-hybridized carbons (Fsp3) is 0.207. The Balaban J connectivity index is 1.30. The predicted molar refractivity (Wildman–Crippen MR) is 163 cm³/mol. The van der Waals surface area contributed by atoms with Crippen molar-refractivity contribution in [3.8, 4) is 17.1 Å². The lowest BCUT2D eigenvalue weighted by atomic mass is 10.1. The number of amides is 3. The van der Waals surface area contributed by atoms with Crippen molar-refractivity contribution in [1.29, 1.82) is 0 Å². The lowest BCUT2D eigenvalue weighted by Crippen LogP contribution is -2.31. The van der Waals surface area contributed by atoms with E-state index in [9.17, 15) is 44.3 Å². The second-order valence-corrected chi connectivity index (χ2v) is 13.1. The van der Waals surface area contributed by atoms with Crippen LogP contribution in [-0.2, 0) is 26.0 Å². The highest BCUT2D eigenvalue weighted by Gasteiger charge is 2.46. The molecule has 0 unspecified atom stereocenters. The number of urea groups is 1. The zero-order valence-electron chi connectivity index (χ0n) is 24.7.